The molecule has 4 aliphatic carbocycles. The molecule has 4 saturated carbocycles. The molecular formula is C18H29FO4. The van der Waals surface area contributed by atoms with E-state index in [0.717, 1.165) is 19.3 Å². The molecule has 6 atom stereocenters. The third-order valence-electron chi connectivity index (χ3n) is 6.76. The zero-order chi connectivity index (χ0) is 17.1. The first-order valence-corrected chi connectivity index (χ1v) is 8.75. The average molecular weight is 328 g/mol. The van der Waals surface area contributed by atoms with Gasteiger partial charge in [0.2, 0.25) is 0 Å². The normalized spacial score (nSPS) is 45.6. The number of carbonyl (C=O) groups is 1. The molecule has 4 fully saturated rings. The summed E-state index contributed by atoms with van der Waals surface area (Å²) < 4.78 is 25.7. The lowest BCUT2D eigenvalue weighted by Crippen LogP contribution is -2.67. The smallest absolute Gasteiger partial charge is 0.315 e. The van der Waals surface area contributed by atoms with E-state index >= 15 is 0 Å². The Kier molecular flexibility index (Phi) is 3.85. The number of halogens is 1. The molecule has 0 aromatic heterocycles. The summed E-state index contributed by atoms with van der Waals surface area (Å²) in [4.78, 5) is 12.7. The van der Waals surface area contributed by atoms with Crippen LogP contribution in [0.15, 0.2) is 0 Å². The van der Waals surface area contributed by atoms with Gasteiger partial charge in [-0.25, -0.2) is 4.39 Å². The molecule has 4 aliphatic rings. The number of carbonyl (C=O) groups excluding carboxylic acids is 1. The molecule has 5 heteroatoms. The van der Waals surface area contributed by atoms with Crippen LogP contribution in [0.3, 0.4) is 0 Å². The van der Waals surface area contributed by atoms with Crippen LogP contribution in [0.4, 0.5) is 4.39 Å². The number of esters is 1. The van der Waals surface area contributed by atoms with Crippen LogP contribution >= 0.6 is 0 Å². The Labute approximate surface area is 137 Å². The van der Waals surface area contributed by atoms with Gasteiger partial charge in [-0.3, -0.25) is 4.79 Å². The highest BCUT2D eigenvalue weighted by Gasteiger charge is 2.65. The Balaban J connectivity index is 1.86. The van der Waals surface area contributed by atoms with Gasteiger partial charge >= 0.3 is 5.97 Å². The van der Waals surface area contributed by atoms with Crippen molar-refractivity contribution in [3.63, 3.8) is 0 Å². The molecule has 0 aliphatic heterocycles. The predicted octanol–water partition coefficient (Wildman–Crippen LogP) is 3.16. The molecular weight excluding hydrogens is 299 g/mol. The lowest BCUT2D eigenvalue weighted by atomic mass is 9.50. The molecule has 132 valence electrons. The number of alkyl halides is 1. The van der Waals surface area contributed by atoms with Crippen molar-refractivity contribution in [3.8, 4) is 0 Å². The fraction of sp³-hybridized carbons (Fsp3) is 0.944. The van der Waals surface area contributed by atoms with Crippen LogP contribution in [0.2, 0.25) is 0 Å². The fourth-order valence-corrected chi connectivity index (χ4v) is 5.46. The molecule has 0 amide bonds. The second-order valence-electron chi connectivity index (χ2n) is 8.58. The minimum absolute atomic E-state index is 0.305. The standard InChI is InChI=1S/C18H29FO4/c1-5-15(3,12(2)19)14(20)23-18-8-13-6-16(21,10-18)9-17(7-13,11-18)22-4/h12-13,21H,5-11H2,1-4H3/t12?,13?,15?,16?,17?,18-/m1/s1. The molecule has 0 heterocycles. The van der Waals surface area contributed by atoms with Crippen LogP contribution in [-0.2, 0) is 14.3 Å². The maximum atomic E-state index is 14.0. The monoisotopic (exact) mass is 328 g/mol. The van der Waals surface area contributed by atoms with E-state index in [4.69, 9.17) is 9.47 Å². The zero-order valence-electron chi connectivity index (χ0n) is 14.7. The van der Waals surface area contributed by atoms with Gasteiger partial charge in [-0.05, 0) is 45.4 Å². The van der Waals surface area contributed by atoms with Crippen LogP contribution in [0, 0.1) is 11.3 Å². The lowest BCUT2D eigenvalue weighted by Gasteiger charge is -2.63. The van der Waals surface area contributed by atoms with Crippen LogP contribution < -0.4 is 0 Å². The van der Waals surface area contributed by atoms with E-state index in [0.29, 0.717) is 31.6 Å². The second kappa shape index (κ2) is 5.16. The predicted molar refractivity (Wildman–Crippen MR) is 83.7 cm³/mol. The largest absolute Gasteiger partial charge is 0.458 e. The summed E-state index contributed by atoms with van der Waals surface area (Å²) >= 11 is 0. The van der Waals surface area contributed by atoms with Gasteiger partial charge in [-0.2, -0.15) is 0 Å². The Morgan fingerprint density at radius 1 is 1.30 bits per heavy atom. The van der Waals surface area contributed by atoms with Gasteiger partial charge in [-0.1, -0.05) is 6.92 Å². The van der Waals surface area contributed by atoms with Crippen molar-refractivity contribution < 1.29 is 23.8 Å². The summed E-state index contributed by atoms with van der Waals surface area (Å²) in [6.45, 7) is 4.84. The minimum Gasteiger partial charge on any atom is -0.458 e. The number of rotatable bonds is 5. The molecule has 0 spiro atoms. The van der Waals surface area contributed by atoms with E-state index in [2.05, 4.69) is 0 Å². The quantitative estimate of drug-likeness (QED) is 0.788. The third-order valence-corrected chi connectivity index (χ3v) is 6.76. The topological polar surface area (TPSA) is 55.8 Å². The Hall–Kier alpha value is -0.680. The van der Waals surface area contributed by atoms with E-state index in [9.17, 15) is 14.3 Å². The van der Waals surface area contributed by atoms with Crippen molar-refractivity contribution in [3.05, 3.63) is 0 Å². The van der Waals surface area contributed by atoms with Gasteiger partial charge in [0.15, 0.2) is 0 Å². The highest BCUT2D eigenvalue weighted by molar-refractivity contribution is 5.77. The van der Waals surface area contributed by atoms with Gasteiger partial charge in [0.1, 0.15) is 11.8 Å². The van der Waals surface area contributed by atoms with E-state index in [1.165, 1.54) is 6.92 Å². The van der Waals surface area contributed by atoms with Crippen molar-refractivity contribution in [2.24, 2.45) is 11.3 Å². The number of aliphatic hydroxyl groups is 1. The third kappa shape index (κ3) is 2.60. The molecule has 4 bridgehead atoms. The lowest BCUT2D eigenvalue weighted by molar-refractivity contribution is -0.271. The SMILES string of the molecule is CCC(C)(C(=O)O[C@@]12CC3CC(O)(CC(OC)(C3)C1)C2)C(C)F. The molecule has 0 aromatic carbocycles. The van der Waals surface area contributed by atoms with E-state index < -0.39 is 34.4 Å². The number of hydrogen-bond acceptors (Lipinski definition) is 4. The summed E-state index contributed by atoms with van der Waals surface area (Å²) in [5, 5.41) is 10.9. The zero-order valence-corrected chi connectivity index (χ0v) is 14.7. The van der Waals surface area contributed by atoms with E-state index in [1.807, 2.05) is 0 Å². The maximum absolute atomic E-state index is 14.0. The number of ether oxygens (including phenoxy) is 2. The first-order chi connectivity index (χ1) is 10.6. The molecule has 5 unspecified atom stereocenters. The van der Waals surface area contributed by atoms with Gasteiger partial charge in [0.05, 0.1) is 16.6 Å². The first kappa shape index (κ1) is 17.2. The number of methoxy groups -OCH3 is 1. The van der Waals surface area contributed by atoms with E-state index in [1.54, 1.807) is 21.0 Å². The molecule has 4 rings (SSSR count). The van der Waals surface area contributed by atoms with E-state index in [-0.39, 0.29) is 0 Å². The van der Waals surface area contributed by atoms with Crippen molar-refractivity contribution in [2.45, 2.75) is 88.7 Å². The molecule has 1 N–H and O–H groups in total. The van der Waals surface area contributed by atoms with Crippen LogP contribution in [0.5, 0.6) is 0 Å². The summed E-state index contributed by atoms with van der Waals surface area (Å²) in [6.07, 6.45) is 3.22. The highest BCUT2D eigenvalue weighted by atomic mass is 19.1. The minimum atomic E-state index is -1.27. The van der Waals surface area contributed by atoms with Crippen LogP contribution in [-0.4, -0.2) is 41.2 Å². The molecule has 0 aromatic rings. The van der Waals surface area contributed by atoms with Crippen LogP contribution in [0.1, 0.15) is 65.7 Å². The summed E-state index contributed by atoms with van der Waals surface area (Å²) in [7, 11) is 1.67. The average Bonchev–Trinajstić information content (AvgIpc) is 2.42. The Morgan fingerprint density at radius 3 is 2.43 bits per heavy atom. The van der Waals surface area contributed by atoms with Gasteiger partial charge < -0.3 is 14.6 Å². The van der Waals surface area contributed by atoms with Crippen LogP contribution in [0.25, 0.3) is 0 Å². The fourth-order valence-electron chi connectivity index (χ4n) is 5.46. The van der Waals surface area contributed by atoms with Gasteiger partial charge in [0.25, 0.3) is 0 Å². The maximum Gasteiger partial charge on any atom is 0.315 e. The summed E-state index contributed by atoms with van der Waals surface area (Å²) in [5.41, 5.74) is -3.06. The van der Waals surface area contributed by atoms with Crippen molar-refractivity contribution in [1.82, 2.24) is 0 Å². The summed E-state index contributed by atoms with van der Waals surface area (Å²) in [5.74, 6) is -0.175. The molecule has 23 heavy (non-hydrogen) atoms. The second-order valence-corrected chi connectivity index (χ2v) is 8.58. The Bertz CT molecular complexity index is 509. The number of hydrogen-bond donors (Lipinski definition) is 1. The molecule has 0 saturated heterocycles. The van der Waals surface area contributed by atoms with Gasteiger partial charge in [-0.15, -0.1) is 0 Å². The van der Waals surface area contributed by atoms with Crippen molar-refractivity contribution in [2.75, 3.05) is 7.11 Å². The Morgan fingerprint density at radius 2 is 1.91 bits per heavy atom. The molecule has 4 nitrogen and oxygen atoms in total. The van der Waals surface area contributed by atoms with Gasteiger partial charge in [0, 0.05) is 26.4 Å². The van der Waals surface area contributed by atoms with Crippen molar-refractivity contribution in [1.29, 1.82) is 0 Å². The first-order valence-electron chi connectivity index (χ1n) is 8.75. The molecule has 0 radical (unpaired) electrons. The highest BCUT2D eigenvalue weighted by Crippen LogP contribution is 2.61. The summed E-state index contributed by atoms with van der Waals surface area (Å²) in [6, 6.07) is 0. The van der Waals surface area contributed by atoms with Crippen molar-refractivity contribution >= 4 is 5.97 Å².